The number of carbonyl (C=O) groups is 2. The van der Waals surface area contributed by atoms with Crippen molar-refractivity contribution in [2.45, 2.75) is 38.5 Å². The van der Waals surface area contributed by atoms with E-state index >= 15 is 0 Å². The van der Waals surface area contributed by atoms with Crippen LogP contribution in [-0.2, 0) is 9.59 Å². The number of ether oxygens (including phenoxy) is 2. The molecular weight excluding hydrogens is 401 g/mol. The van der Waals surface area contributed by atoms with Crippen molar-refractivity contribution in [3.05, 3.63) is 60.2 Å². The van der Waals surface area contributed by atoms with Gasteiger partial charge in [0, 0.05) is 6.42 Å². The third-order valence-corrected chi connectivity index (χ3v) is 4.13. The topological polar surface area (TPSA) is 76.7 Å². The molecule has 0 spiro atoms. The molecular formula is C21H23F3N2O4. The van der Waals surface area contributed by atoms with Crippen LogP contribution in [0.25, 0.3) is 0 Å². The third kappa shape index (κ3) is 6.98. The molecule has 0 aliphatic heterocycles. The Labute approximate surface area is 172 Å². The standard InChI is InChI=1S/C21H23F3N2O4/c1-3-29-16-9-11-17(12-10-16)30-14(2)20(28)26-25-19(27)13-18(21(22,23)24)15-7-5-4-6-8-15/h4-12,14,18H,3,13H2,1-2H3,(H,25,27)(H,26,28). The lowest BCUT2D eigenvalue weighted by molar-refractivity contribution is -0.157. The summed E-state index contributed by atoms with van der Waals surface area (Å²) in [4.78, 5) is 24.1. The van der Waals surface area contributed by atoms with E-state index in [0.29, 0.717) is 18.1 Å². The highest BCUT2D eigenvalue weighted by Gasteiger charge is 2.41. The monoisotopic (exact) mass is 424 g/mol. The first-order chi connectivity index (χ1) is 14.2. The summed E-state index contributed by atoms with van der Waals surface area (Å²) in [6, 6.07) is 13.7. The maximum atomic E-state index is 13.3. The van der Waals surface area contributed by atoms with Crippen molar-refractivity contribution in [2.24, 2.45) is 0 Å². The molecule has 0 heterocycles. The van der Waals surface area contributed by atoms with E-state index in [1.54, 1.807) is 30.3 Å². The minimum Gasteiger partial charge on any atom is -0.494 e. The van der Waals surface area contributed by atoms with Gasteiger partial charge in [-0.2, -0.15) is 13.2 Å². The Morgan fingerprint density at radius 3 is 2.13 bits per heavy atom. The Morgan fingerprint density at radius 2 is 1.57 bits per heavy atom. The first kappa shape index (κ1) is 23.1. The summed E-state index contributed by atoms with van der Waals surface area (Å²) < 4.78 is 50.7. The predicted molar refractivity (Wildman–Crippen MR) is 104 cm³/mol. The molecule has 0 aliphatic rings. The van der Waals surface area contributed by atoms with Crippen LogP contribution in [-0.4, -0.2) is 30.7 Å². The smallest absolute Gasteiger partial charge is 0.396 e. The fourth-order valence-corrected chi connectivity index (χ4v) is 2.62. The van der Waals surface area contributed by atoms with E-state index in [0.717, 1.165) is 0 Å². The van der Waals surface area contributed by atoms with E-state index in [9.17, 15) is 22.8 Å². The van der Waals surface area contributed by atoms with E-state index in [-0.39, 0.29) is 5.56 Å². The van der Waals surface area contributed by atoms with Crippen LogP contribution >= 0.6 is 0 Å². The van der Waals surface area contributed by atoms with E-state index in [1.165, 1.54) is 31.2 Å². The molecule has 2 aromatic rings. The van der Waals surface area contributed by atoms with Crippen LogP contribution in [0.4, 0.5) is 13.2 Å². The van der Waals surface area contributed by atoms with Gasteiger partial charge in [-0.05, 0) is 43.7 Å². The molecule has 0 aromatic heterocycles. The summed E-state index contributed by atoms with van der Waals surface area (Å²) in [6.45, 7) is 3.81. The van der Waals surface area contributed by atoms with Crippen molar-refractivity contribution < 1.29 is 32.2 Å². The molecule has 0 bridgehead atoms. The quantitative estimate of drug-likeness (QED) is 0.633. The van der Waals surface area contributed by atoms with Crippen LogP contribution in [0.2, 0.25) is 0 Å². The minimum atomic E-state index is -4.60. The minimum absolute atomic E-state index is 0.0290. The van der Waals surface area contributed by atoms with Crippen LogP contribution in [0.3, 0.4) is 0 Å². The maximum absolute atomic E-state index is 13.3. The largest absolute Gasteiger partial charge is 0.494 e. The molecule has 2 aromatic carbocycles. The average Bonchev–Trinajstić information content (AvgIpc) is 2.71. The number of hydrazine groups is 1. The van der Waals surface area contributed by atoms with Crippen molar-refractivity contribution >= 4 is 11.8 Å². The number of hydrogen-bond donors (Lipinski definition) is 2. The number of hydrogen-bond acceptors (Lipinski definition) is 4. The van der Waals surface area contributed by atoms with Gasteiger partial charge in [-0.25, -0.2) is 0 Å². The summed E-state index contributed by atoms with van der Waals surface area (Å²) in [5, 5.41) is 0. The number of alkyl halides is 3. The molecule has 30 heavy (non-hydrogen) atoms. The molecule has 2 N–H and O–H groups in total. The Balaban J connectivity index is 1.87. The average molecular weight is 424 g/mol. The van der Waals surface area contributed by atoms with Gasteiger partial charge in [0.25, 0.3) is 5.91 Å². The maximum Gasteiger partial charge on any atom is 0.396 e. The Morgan fingerprint density at radius 1 is 0.967 bits per heavy atom. The second kappa shape index (κ2) is 10.5. The van der Waals surface area contributed by atoms with Crippen LogP contribution in [0.1, 0.15) is 31.7 Å². The van der Waals surface area contributed by atoms with E-state index in [2.05, 4.69) is 5.43 Å². The Kier molecular flexibility index (Phi) is 8.08. The second-order valence-corrected chi connectivity index (χ2v) is 6.41. The summed E-state index contributed by atoms with van der Waals surface area (Å²) >= 11 is 0. The number of amides is 2. The van der Waals surface area contributed by atoms with Gasteiger partial charge >= 0.3 is 6.18 Å². The van der Waals surface area contributed by atoms with E-state index < -0.39 is 36.4 Å². The molecule has 0 saturated heterocycles. The molecule has 2 amide bonds. The molecule has 0 saturated carbocycles. The van der Waals surface area contributed by atoms with Crippen molar-refractivity contribution in [1.29, 1.82) is 0 Å². The zero-order valence-electron chi connectivity index (χ0n) is 16.5. The summed E-state index contributed by atoms with van der Waals surface area (Å²) in [7, 11) is 0. The fraction of sp³-hybridized carbons (Fsp3) is 0.333. The van der Waals surface area contributed by atoms with E-state index in [1.807, 2.05) is 12.3 Å². The highest BCUT2D eigenvalue weighted by atomic mass is 19.4. The Bertz CT molecular complexity index is 826. The van der Waals surface area contributed by atoms with Crippen molar-refractivity contribution in [1.82, 2.24) is 10.9 Å². The second-order valence-electron chi connectivity index (χ2n) is 6.41. The molecule has 162 valence electrons. The molecule has 6 nitrogen and oxygen atoms in total. The predicted octanol–water partition coefficient (Wildman–Crippen LogP) is 3.74. The number of rotatable bonds is 8. The van der Waals surface area contributed by atoms with Crippen LogP contribution in [0.15, 0.2) is 54.6 Å². The van der Waals surface area contributed by atoms with Gasteiger partial charge in [-0.15, -0.1) is 0 Å². The highest BCUT2D eigenvalue weighted by Crippen LogP contribution is 2.37. The number of nitrogens with one attached hydrogen (secondary N) is 2. The lowest BCUT2D eigenvalue weighted by Gasteiger charge is -2.21. The van der Waals surface area contributed by atoms with Gasteiger partial charge in [-0.3, -0.25) is 20.4 Å². The molecule has 0 radical (unpaired) electrons. The highest BCUT2D eigenvalue weighted by molar-refractivity contribution is 5.84. The van der Waals surface area contributed by atoms with Gasteiger partial charge in [0.1, 0.15) is 11.5 Å². The normalized spacial score (nSPS) is 13.1. The molecule has 0 fully saturated rings. The first-order valence-electron chi connectivity index (χ1n) is 9.30. The van der Waals surface area contributed by atoms with Gasteiger partial charge in [0.2, 0.25) is 5.91 Å². The van der Waals surface area contributed by atoms with Crippen LogP contribution in [0, 0.1) is 0 Å². The zero-order chi connectivity index (χ0) is 22.1. The number of halogens is 3. The molecule has 2 unspecified atom stereocenters. The van der Waals surface area contributed by atoms with Gasteiger partial charge in [0.15, 0.2) is 6.10 Å². The van der Waals surface area contributed by atoms with Gasteiger partial charge in [-0.1, -0.05) is 30.3 Å². The van der Waals surface area contributed by atoms with Crippen LogP contribution < -0.4 is 20.3 Å². The molecule has 0 aliphatic carbocycles. The van der Waals surface area contributed by atoms with E-state index in [4.69, 9.17) is 9.47 Å². The third-order valence-electron chi connectivity index (χ3n) is 4.13. The molecule has 2 rings (SSSR count). The summed E-state index contributed by atoms with van der Waals surface area (Å²) in [5.41, 5.74) is 4.07. The number of benzene rings is 2. The first-order valence-corrected chi connectivity index (χ1v) is 9.30. The van der Waals surface area contributed by atoms with Crippen molar-refractivity contribution in [3.63, 3.8) is 0 Å². The SMILES string of the molecule is CCOc1ccc(OC(C)C(=O)NNC(=O)CC(c2ccccc2)C(F)(F)F)cc1. The Hall–Kier alpha value is -3.23. The molecule has 2 atom stereocenters. The fourth-order valence-electron chi connectivity index (χ4n) is 2.62. The lowest BCUT2D eigenvalue weighted by atomic mass is 9.95. The molecule has 9 heteroatoms. The summed E-state index contributed by atoms with van der Waals surface area (Å²) in [5.74, 6) is -2.61. The number of carbonyl (C=O) groups excluding carboxylic acids is 2. The van der Waals surface area contributed by atoms with Crippen molar-refractivity contribution in [3.8, 4) is 11.5 Å². The van der Waals surface area contributed by atoms with Gasteiger partial charge < -0.3 is 9.47 Å². The summed E-state index contributed by atoms with van der Waals surface area (Å²) in [6.07, 6.45) is -6.45. The van der Waals surface area contributed by atoms with Crippen molar-refractivity contribution in [2.75, 3.05) is 6.61 Å². The van der Waals surface area contributed by atoms with Gasteiger partial charge in [0.05, 0.1) is 12.5 Å². The van der Waals surface area contributed by atoms with Crippen LogP contribution in [0.5, 0.6) is 11.5 Å². The zero-order valence-corrected chi connectivity index (χ0v) is 16.5. The lowest BCUT2D eigenvalue weighted by Crippen LogP contribution is -2.47.